The molecule has 1 amide bonds. The van der Waals surface area contributed by atoms with Crippen molar-refractivity contribution < 1.29 is 4.79 Å². The van der Waals surface area contributed by atoms with Crippen molar-refractivity contribution in [3.05, 3.63) is 21.3 Å². The summed E-state index contributed by atoms with van der Waals surface area (Å²) in [4.78, 5) is 15.6. The molecule has 0 spiro atoms. The molecule has 0 unspecified atom stereocenters. The lowest BCUT2D eigenvalue weighted by atomic mass is 10.00. The lowest BCUT2D eigenvalue weighted by Gasteiger charge is -2.32. The monoisotopic (exact) mass is 328 g/mol. The van der Waals surface area contributed by atoms with E-state index in [0.29, 0.717) is 6.42 Å². The molecule has 1 aromatic rings. The predicted molar refractivity (Wildman–Crippen MR) is 90.1 cm³/mol. The Morgan fingerprint density at radius 1 is 1.57 bits per heavy atom. The van der Waals surface area contributed by atoms with Gasteiger partial charge >= 0.3 is 0 Å². The number of hydrogen-bond donors (Lipinski definition) is 1. The predicted octanol–water partition coefficient (Wildman–Crippen LogP) is 3.57. The average molecular weight is 329 g/mol. The molecule has 0 aliphatic carbocycles. The van der Waals surface area contributed by atoms with Gasteiger partial charge in [0.05, 0.1) is 4.34 Å². The van der Waals surface area contributed by atoms with E-state index in [1.54, 1.807) is 11.3 Å². The van der Waals surface area contributed by atoms with Crippen molar-refractivity contribution in [2.75, 3.05) is 19.6 Å². The summed E-state index contributed by atoms with van der Waals surface area (Å²) in [5, 5.41) is 3.11. The first-order valence-electron chi connectivity index (χ1n) is 7.79. The normalized spacial score (nSPS) is 21.2. The first-order chi connectivity index (χ1) is 10.0. The van der Waals surface area contributed by atoms with Crippen molar-refractivity contribution in [3.8, 4) is 0 Å². The van der Waals surface area contributed by atoms with Crippen LogP contribution in [0.15, 0.2) is 12.1 Å². The zero-order valence-electron chi connectivity index (χ0n) is 12.9. The minimum absolute atomic E-state index is 0.136. The molecular weight excluding hydrogens is 304 g/mol. The van der Waals surface area contributed by atoms with Gasteiger partial charge in [0, 0.05) is 30.4 Å². The summed E-state index contributed by atoms with van der Waals surface area (Å²) in [6, 6.07) is 4.10. The van der Waals surface area contributed by atoms with Gasteiger partial charge in [0.1, 0.15) is 0 Å². The van der Waals surface area contributed by atoms with Crippen LogP contribution < -0.4 is 5.32 Å². The Labute approximate surface area is 136 Å². The fraction of sp³-hybridized carbons (Fsp3) is 0.688. The van der Waals surface area contributed by atoms with Crippen molar-refractivity contribution in [2.45, 2.75) is 45.6 Å². The summed E-state index contributed by atoms with van der Waals surface area (Å²) in [6.07, 6.45) is 3.93. The topological polar surface area (TPSA) is 32.3 Å². The minimum Gasteiger partial charge on any atom is -0.352 e. The number of thiophene rings is 1. The summed E-state index contributed by atoms with van der Waals surface area (Å²) in [5.41, 5.74) is 0. The Kier molecular flexibility index (Phi) is 6.52. The maximum absolute atomic E-state index is 12.0. The van der Waals surface area contributed by atoms with Crippen LogP contribution in [0.1, 0.15) is 38.0 Å². The van der Waals surface area contributed by atoms with E-state index in [0.717, 1.165) is 36.3 Å². The molecule has 0 radical (unpaired) electrons. The number of carbonyl (C=O) groups is 1. The Morgan fingerprint density at radius 2 is 2.38 bits per heavy atom. The highest BCUT2D eigenvalue weighted by atomic mass is 35.5. The fourth-order valence-corrected chi connectivity index (χ4v) is 4.04. The largest absolute Gasteiger partial charge is 0.352 e. The van der Waals surface area contributed by atoms with Gasteiger partial charge in [-0.15, -0.1) is 11.3 Å². The molecule has 1 saturated heterocycles. The van der Waals surface area contributed by atoms with E-state index in [9.17, 15) is 4.79 Å². The van der Waals surface area contributed by atoms with Crippen molar-refractivity contribution in [3.63, 3.8) is 0 Å². The van der Waals surface area contributed by atoms with Gasteiger partial charge in [-0.05, 0) is 50.8 Å². The van der Waals surface area contributed by atoms with Crippen molar-refractivity contribution in [2.24, 2.45) is 5.92 Å². The van der Waals surface area contributed by atoms with Crippen molar-refractivity contribution in [1.82, 2.24) is 10.2 Å². The summed E-state index contributed by atoms with van der Waals surface area (Å²) in [6.45, 7) is 7.69. The van der Waals surface area contributed by atoms with Crippen LogP contribution in [-0.4, -0.2) is 36.5 Å². The van der Waals surface area contributed by atoms with Gasteiger partial charge in [0.15, 0.2) is 0 Å². The molecule has 0 aromatic carbocycles. The molecule has 2 rings (SSSR count). The number of nitrogens with one attached hydrogen (secondary N) is 1. The SMILES string of the molecule is C[C@@H]1CCCN(C[C@H](C)NC(=O)CCc2ccc(Cl)s2)C1. The zero-order chi connectivity index (χ0) is 15.2. The van der Waals surface area contributed by atoms with Crippen molar-refractivity contribution >= 4 is 28.8 Å². The van der Waals surface area contributed by atoms with E-state index in [-0.39, 0.29) is 11.9 Å². The average Bonchev–Trinajstić information content (AvgIpc) is 2.82. The number of rotatable bonds is 6. The van der Waals surface area contributed by atoms with E-state index >= 15 is 0 Å². The summed E-state index contributed by atoms with van der Waals surface area (Å²) >= 11 is 7.45. The molecule has 2 heterocycles. The van der Waals surface area contributed by atoms with Crippen LogP contribution in [0, 0.1) is 5.92 Å². The third-order valence-electron chi connectivity index (χ3n) is 3.91. The summed E-state index contributed by atoms with van der Waals surface area (Å²) in [5.74, 6) is 0.919. The second-order valence-corrected chi connectivity index (χ2v) is 7.98. The van der Waals surface area contributed by atoms with Crippen LogP contribution >= 0.6 is 22.9 Å². The molecule has 5 heteroatoms. The second kappa shape index (κ2) is 8.16. The number of aryl methyl sites for hydroxylation is 1. The Bertz CT molecular complexity index is 463. The van der Waals surface area contributed by atoms with Crippen LogP contribution in [0.5, 0.6) is 0 Å². The molecule has 118 valence electrons. The molecule has 1 aliphatic heterocycles. The Hall–Kier alpha value is -0.580. The number of amides is 1. The molecule has 21 heavy (non-hydrogen) atoms. The quantitative estimate of drug-likeness (QED) is 0.865. The van der Waals surface area contributed by atoms with Crippen LogP contribution in [0.4, 0.5) is 0 Å². The van der Waals surface area contributed by atoms with Gasteiger partial charge in [-0.25, -0.2) is 0 Å². The Morgan fingerprint density at radius 3 is 3.05 bits per heavy atom. The molecule has 3 nitrogen and oxygen atoms in total. The smallest absolute Gasteiger partial charge is 0.220 e. The molecule has 0 bridgehead atoms. The molecule has 1 fully saturated rings. The molecule has 0 saturated carbocycles. The minimum atomic E-state index is 0.136. The summed E-state index contributed by atoms with van der Waals surface area (Å²) < 4.78 is 0.790. The van der Waals surface area contributed by atoms with E-state index < -0.39 is 0 Å². The highest BCUT2D eigenvalue weighted by Crippen LogP contribution is 2.22. The first kappa shape index (κ1) is 16.8. The number of piperidine rings is 1. The van der Waals surface area contributed by atoms with Gasteiger partial charge < -0.3 is 10.2 Å². The maximum Gasteiger partial charge on any atom is 0.220 e. The molecular formula is C16H25ClN2OS. The maximum atomic E-state index is 12.0. The number of carbonyl (C=O) groups excluding carboxylic acids is 1. The molecule has 1 N–H and O–H groups in total. The van der Waals surface area contributed by atoms with E-state index in [4.69, 9.17) is 11.6 Å². The molecule has 2 atom stereocenters. The number of nitrogens with zero attached hydrogens (tertiary/aromatic N) is 1. The molecule has 1 aliphatic rings. The van der Waals surface area contributed by atoms with Crippen LogP contribution in [0.3, 0.4) is 0 Å². The van der Waals surface area contributed by atoms with Gasteiger partial charge in [-0.2, -0.15) is 0 Å². The third-order valence-corrected chi connectivity index (χ3v) is 5.20. The van der Waals surface area contributed by atoms with Crippen LogP contribution in [-0.2, 0) is 11.2 Å². The van der Waals surface area contributed by atoms with Gasteiger partial charge in [0.25, 0.3) is 0 Å². The van der Waals surface area contributed by atoms with Crippen LogP contribution in [0.25, 0.3) is 0 Å². The third kappa shape index (κ3) is 5.97. The van der Waals surface area contributed by atoms with Crippen molar-refractivity contribution in [1.29, 1.82) is 0 Å². The Balaban J connectivity index is 1.66. The van der Waals surface area contributed by atoms with Gasteiger partial charge in [0.2, 0.25) is 5.91 Å². The number of halogens is 1. The standard InChI is InChI=1S/C16H25ClN2OS/c1-12-4-3-9-19(10-12)11-13(2)18-16(20)8-6-14-5-7-15(17)21-14/h5,7,12-13H,3-4,6,8-11H2,1-2H3,(H,18,20)/t12-,13+/m1/s1. The highest BCUT2D eigenvalue weighted by Gasteiger charge is 2.18. The highest BCUT2D eigenvalue weighted by molar-refractivity contribution is 7.16. The fourth-order valence-electron chi connectivity index (χ4n) is 2.96. The van der Waals surface area contributed by atoms with E-state index in [1.807, 2.05) is 12.1 Å². The van der Waals surface area contributed by atoms with Crippen LogP contribution in [0.2, 0.25) is 4.34 Å². The number of likely N-dealkylation sites (tertiary alicyclic amines) is 1. The van der Waals surface area contributed by atoms with E-state index in [2.05, 4.69) is 24.1 Å². The van der Waals surface area contributed by atoms with Gasteiger partial charge in [-0.1, -0.05) is 18.5 Å². The summed E-state index contributed by atoms with van der Waals surface area (Å²) in [7, 11) is 0. The number of hydrogen-bond acceptors (Lipinski definition) is 3. The lowest BCUT2D eigenvalue weighted by molar-refractivity contribution is -0.121. The first-order valence-corrected chi connectivity index (χ1v) is 8.98. The van der Waals surface area contributed by atoms with E-state index in [1.165, 1.54) is 17.7 Å². The zero-order valence-corrected chi connectivity index (χ0v) is 14.5. The lowest BCUT2D eigenvalue weighted by Crippen LogP contribution is -2.45. The second-order valence-electron chi connectivity index (χ2n) is 6.18. The molecule has 1 aromatic heterocycles. The van der Waals surface area contributed by atoms with Gasteiger partial charge in [-0.3, -0.25) is 4.79 Å².